The number of aryl methyl sites for hydroxylation is 1. The monoisotopic (exact) mass is 660 g/mol. The third kappa shape index (κ3) is 9.92. The molecule has 11 nitrogen and oxygen atoms in total. The van der Waals surface area contributed by atoms with E-state index in [0.717, 1.165) is 58.7 Å². The average molecular weight is 661 g/mol. The molecule has 0 atom stereocenters. The number of hydrogen-bond donors (Lipinski definition) is 4. The van der Waals surface area contributed by atoms with E-state index in [4.69, 9.17) is 23.6 Å². The van der Waals surface area contributed by atoms with E-state index in [0.29, 0.717) is 13.2 Å². The van der Waals surface area contributed by atoms with Crippen LogP contribution in [0.4, 0.5) is 0 Å². The van der Waals surface area contributed by atoms with Gasteiger partial charge in [0.25, 0.3) is 0 Å². The fourth-order valence-corrected chi connectivity index (χ4v) is 6.35. The second kappa shape index (κ2) is 15.4. The van der Waals surface area contributed by atoms with Gasteiger partial charge in [0.1, 0.15) is 23.9 Å². The molecule has 45 heavy (non-hydrogen) atoms. The van der Waals surface area contributed by atoms with Crippen molar-refractivity contribution in [2.75, 3.05) is 26.2 Å². The van der Waals surface area contributed by atoms with Crippen LogP contribution < -0.4 is 13.8 Å². The Morgan fingerprint density at radius 2 is 1.29 bits per heavy atom. The second-order valence-electron chi connectivity index (χ2n) is 10.7. The van der Waals surface area contributed by atoms with Gasteiger partial charge in [-0.3, -0.25) is 24.5 Å². The Hall–Kier alpha value is -3.14. The average Bonchev–Trinajstić information content (AvgIpc) is 3.12. The van der Waals surface area contributed by atoms with Crippen molar-refractivity contribution >= 4 is 26.5 Å². The van der Waals surface area contributed by atoms with E-state index in [1.54, 1.807) is 24.3 Å². The van der Waals surface area contributed by atoms with Crippen LogP contribution in [-0.4, -0.2) is 55.3 Å². The molecule has 4 aromatic rings. The first-order valence-corrected chi connectivity index (χ1v) is 18.2. The molecule has 3 aromatic carbocycles. The largest absolute Gasteiger partial charge is 0.524 e. The lowest BCUT2D eigenvalue weighted by molar-refractivity contribution is 0.214. The smallest absolute Gasteiger partial charge is 0.492 e. The highest BCUT2D eigenvalue weighted by Crippen LogP contribution is 2.42. The highest BCUT2D eigenvalue weighted by atomic mass is 31.2. The molecule has 5 rings (SSSR count). The van der Waals surface area contributed by atoms with Gasteiger partial charge >= 0.3 is 15.6 Å². The number of phosphoric ester groups is 2. The zero-order valence-electron chi connectivity index (χ0n) is 25.8. The molecular weight excluding hydrogens is 618 g/mol. The van der Waals surface area contributed by atoms with Crippen LogP contribution in [0.1, 0.15) is 50.7 Å². The molecule has 1 aromatic heterocycles. The number of likely N-dealkylation sites (tertiary alicyclic amines) is 1. The van der Waals surface area contributed by atoms with Gasteiger partial charge in [0.15, 0.2) is 0 Å². The van der Waals surface area contributed by atoms with Crippen molar-refractivity contribution < 1.29 is 42.5 Å². The van der Waals surface area contributed by atoms with E-state index >= 15 is 0 Å². The summed E-state index contributed by atoms with van der Waals surface area (Å²) in [4.78, 5) is 39.4. The van der Waals surface area contributed by atoms with Gasteiger partial charge in [-0.15, -0.1) is 0 Å². The molecule has 0 amide bonds. The maximum Gasteiger partial charge on any atom is 0.524 e. The SMILES string of the molecule is CC.Cc1c(-c2ccc(OP(=O)(O)O)cc2)n(Cc2ccc(OCCN3CCCCCC3)cc2)c2ccc(OP(=O)(O)O)cc12. The van der Waals surface area contributed by atoms with Crippen molar-refractivity contribution in [3.63, 3.8) is 0 Å². The summed E-state index contributed by atoms with van der Waals surface area (Å²) in [6, 6.07) is 19.2. The summed E-state index contributed by atoms with van der Waals surface area (Å²) in [5.41, 5.74) is 4.25. The predicted molar refractivity (Wildman–Crippen MR) is 175 cm³/mol. The lowest BCUT2D eigenvalue weighted by Gasteiger charge is -2.19. The summed E-state index contributed by atoms with van der Waals surface area (Å²) in [7, 11) is -9.45. The molecule has 4 N–H and O–H groups in total. The molecule has 1 aliphatic rings. The summed E-state index contributed by atoms with van der Waals surface area (Å²) in [5, 5.41) is 0.741. The first-order valence-electron chi connectivity index (χ1n) is 15.1. The number of hydrogen-bond acceptors (Lipinski definition) is 6. The topological polar surface area (TPSA) is 151 Å². The zero-order valence-corrected chi connectivity index (χ0v) is 27.6. The van der Waals surface area contributed by atoms with Gasteiger partial charge in [-0.1, -0.05) is 38.8 Å². The maximum atomic E-state index is 11.5. The number of phosphoric acid groups is 2. The van der Waals surface area contributed by atoms with Gasteiger partial charge in [-0.2, -0.15) is 0 Å². The van der Waals surface area contributed by atoms with Gasteiger partial charge in [-0.25, -0.2) is 9.13 Å². The molecule has 244 valence electrons. The number of fused-ring (bicyclic) bond motifs is 1. The zero-order chi connectivity index (χ0) is 32.6. The number of ether oxygens (including phenoxy) is 1. The third-order valence-corrected chi connectivity index (χ3v) is 8.40. The Balaban J connectivity index is 0.00000226. The minimum atomic E-state index is -4.74. The normalized spacial score (nSPS) is 14.4. The van der Waals surface area contributed by atoms with Gasteiger partial charge < -0.3 is 18.4 Å². The quantitative estimate of drug-likeness (QED) is 0.125. The molecule has 2 heterocycles. The van der Waals surface area contributed by atoms with E-state index in [9.17, 15) is 18.9 Å². The number of benzene rings is 3. The fourth-order valence-electron chi connectivity index (χ4n) is 5.57. The van der Waals surface area contributed by atoms with E-state index in [2.05, 4.69) is 9.47 Å². The van der Waals surface area contributed by atoms with Crippen molar-refractivity contribution in [1.29, 1.82) is 0 Å². The Labute approximate surface area is 263 Å². The van der Waals surface area contributed by atoms with E-state index in [1.807, 2.05) is 45.0 Å². The van der Waals surface area contributed by atoms with Crippen LogP contribution in [0.25, 0.3) is 22.2 Å². The van der Waals surface area contributed by atoms with Gasteiger partial charge in [0, 0.05) is 24.0 Å². The lowest BCUT2D eigenvalue weighted by Crippen LogP contribution is -2.29. The van der Waals surface area contributed by atoms with E-state index in [-0.39, 0.29) is 11.5 Å². The van der Waals surface area contributed by atoms with Crippen LogP contribution in [0.5, 0.6) is 17.2 Å². The molecule has 0 aliphatic carbocycles. The number of rotatable bonds is 11. The predicted octanol–water partition coefficient (Wildman–Crippen LogP) is 6.89. The summed E-state index contributed by atoms with van der Waals surface area (Å²) < 4.78 is 40.4. The van der Waals surface area contributed by atoms with Crippen LogP contribution >= 0.6 is 15.6 Å². The Morgan fingerprint density at radius 3 is 1.89 bits per heavy atom. The molecule has 0 radical (unpaired) electrons. The van der Waals surface area contributed by atoms with Gasteiger partial charge in [0.2, 0.25) is 0 Å². The minimum absolute atomic E-state index is 0.0289. The summed E-state index contributed by atoms with van der Waals surface area (Å²) in [6.45, 7) is 10.2. The van der Waals surface area contributed by atoms with Gasteiger partial charge in [-0.05, 0) is 104 Å². The molecule has 0 saturated carbocycles. The molecule has 1 saturated heterocycles. The van der Waals surface area contributed by atoms with Crippen molar-refractivity contribution in [2.24, 2.45) is 0 Å². The van der Waals surface area contributed by atoms with Crippen molar-refractivity contribution in [3.8, 4) is 28.5 Å². The third-order valence-electron chi connectivity index (χ3n) is 7.50. The van der Waals surface area contributed by atoms with Crippen molar-refractivity contribution in [1.82, 2.24) is 9.47 Å². The minimum Gasteiger partial charge on any atom is -0.492 e. The standard InChI is InChI=1S/C30H36N2O9P2.C2H6/c1-22-28-20-27(41-43(36,37)38)14-15-29(28)32(30(22)24-8-12-26(13-9-24)40-42(33,34)35)21-23-6-10-25(11-7-23)39-19-18-31-16-4-2-3-5-17-31;1-2/h6-15,20H,2-5,16-19,21H2,1H3,(H2,33,34,35)(H2,36,37,38);1-2H3. The van der Waals surface area contributed by atoms with E-state index in [1.165, 1.54) is 43.9 Å². The molecule has 0 spiro atoms. The van der Waals surface area contributed by atoms with Crippen LogP contribution in [-0.2, 0) is 15.7 Å². The second-order valence-corrected chi connectivity index (χ2v) is 13.0. The molecule has 1 aliphatic heterocycles. The fraction of sp³-hybridized carbons (Fsp3) is 0.375. The summed E-state index contributed by atoms with van der Waals surface area (Å²) >= 11 is 0. The Bertz CT molecular complexity index is 1640. The summed E-state index contributed by atoms with van der Waals surface area (Å²) in [5.74, 6) is 0.869. The van der Waals surface area contributed by atoms with E-state index < -0.39 is 15.6 Å². The maximum absolute atomic E-state index is 11.5. The molecule has 0 bridgehead atoms. The first kappa shape index (κ1) is 34.7. The van der Waals surface area contributed by atoms with Crippen LogP contribution in [0.2, 0.25) is 0 Å². The Kier molecular flexibility index (Phi) is 11.9. The van der Waals surface area contributed by atoms with Gasteiger partial charge in [0.05, 0.1) is 5.69 Å². The van der Waals surface area contributed by atoms with Crippen LogP contribution in [0.15, 0.2) is 66.7 Å². The number of nitrogens with zero attached hydrogens (tertiary/aromatic N) is 2. The summed E-state index contributed by atoms with van der Waals surface area (Å²) in [6.07, 6.45) is 5.09. The molecule has 13 heteroatoms. The van der Waals surface area contributed by atoms with Crippen LogP contribution in [0.3, 0.4) is 0 Å². The number of aromatic nitrogens is 1. The molecular formula is C32H42N2O9P2. The highest BCUT2D eigenvalue weighted by molar-refractivity contribution is 7.47. The molecule has 1 fully saturated rings. The Morgan fingerprint density at radius 1 is 0.733 bits per heavy atom. The van der Waals surface area contributed by atoms with Crippen molar-refractivity contribution in [3.05, 3.63) is 77.9 Å². The van der Waals surface area contributed by atoms with Crippen molar-refractivity contribution in [2.45, 2.75) is 53.0 Å². The van der Waals surface area contributed by atoms with Crippen LogP contribution in [0, 0.1) is 6.92 Å². The highest BCUT2D eigenvalue weighted by Gasteiger charge is 2.21. The molecule has 0 unspecified atom stereocenters. The first-order chi connectivity index (χ1) is 21.4. The lowest BCUT2D eigenvalue weighted by atomic mass is 10.1.